The normalized spacial score (nSPS) is 10.5. The van der Waals surface area contributed by atoms with Crippen LogP contribution >= 0.6 is 11.6 Å². The number of carbonyl (C=O) groups is 1. The van der Waals surface area contributed by atoms with E-state index < -0.39 is 0 Å². The summed E-state index contributed by atoms with van der Waals surface area (Å²) in [4.78, 5) is 11.2. The highest BCUT2D eigenvalue weighted by atomic mass is 35.5. The number of furan rings is 1. The van der Waals surface area contributed by atoms with Crippen molar-refractivity contribution < 1.29 is 9.21 Å². The summed E-state index contributed by atoms with van der Waals surface area (Å²) in [6, 6.07) is 3.47. The molecule has 0 bridgehead atoms. The Balaban J connectivity index is 2.45. The second-order valence-corrected chi connectivity index (χ2v) is 3.48. The van der Waals surface area contributed by atoms with Crippen LogP contribution in [0.1, 0.15) is 19.6 Å². The van der Waals surface area contributed by atoms with Crippen LogP contribution in [0.25, 0.3) is 0 Å². The van der Waals surface area contributed by atoms with Crippen LogP contribution in [0.5, 0.6) is 0 Å². The summed E-state index contributed by atoms with van der Waals surface area (Å²) in [6.07, 6.45) is 0.241. The third-order valence-corrected chi connectivity index (χ3v) is 1.62. The molecule has 1 amide bonds. The second kappa shape index (κ2) is 4.33. The van der Waals surface area contributed by atoms with Gasteiger partial charge < -0.3 is 9.73 Å². The van der Waals surface area contributed by atoms with Crippen molar-refractivity contribution in [3.05, 3.63) is 23.1 Å². The van der Waals surface area contributed by atoms with Crippen LogP contribution in [0.15, 0.2) is 16.5 Å². The van der Waals surface area contributed by atoms with Crippen molar-refractivity contribution in [2.75, 3.05) is 0 Å². The van der Waals surface area contributed by atoms with Gasteiger partial charge in [0.2, 0.25) is 5.91 Å². The van der Waals surface area contributed by atoms with E-state index in [9.17, 15) is 4.79 Å². The van der Waals surface area contributed by atoms with Crippen molar-refractivity contribution in [1.82, 2.24) is 5.32 Å². The number of hydrogen-bond acceptors (Lipinski definition) is 2. The Morgan fingerprint density at radius 1 is 1.62 bits per heavy atom. The Hall–Kier alpha value is -0.960. The van der Waals surface area contributed by atoms with Gasteiger partial charge in [0.1, 0.15) is 5.76 Å². The first-order chi connectivity index (χ1) is 6.08. The van der Waals surface area contributed by atoms with Crippen LogP contribution in [0.2, 0.25) is 5.22 Å². The lowest BCUT2D eigenvalue weighted by molar-refractivity contribution is -0.121. The molecule has 1 rings (SSSR count). The average Bonchev–Trinajstić information content (AvgIpc) is 2.33. The number of carbonyl (C=O) groups excluding carboxylic acids is 1. The smallest absolute Gasteiger partial charge is 0.227 e. The number of hydrogen-bond donors (Lipinski definition) is 1. The van der Waals surface area contributed by atoms with Crippen LogP contribution in [0, 0.1) is 0 Å². The molecule has 0 aliphatic heterocycles. The number of nitrogens with one attached hydrogen (secondary N) is 1. The molecule has 0 radical (unpaired) electrons. The topological polar surface area (TPSA) is 42.2 Å². The van der Waals surface area contributed by atoms with Gasteiger partial charge in [-0.05, 0) is 37.6 Å². The summed E-state index contributed by atoms with van der Waals surface area (Å²) >= 11 is 5.55. The molecule has 0 aliphatic rings. The fourth-order valence-corrected chi connectivity index (χ4v) is 1.14. The zero-order valence-electron chi connectivity index (χ0n) is 7.63. The van der Waals surface area contributed by atoms with Crippen molar-refractivity contribution >= 4 is 17.5 Å². The molecule has 1 heterocycles. The molecular weight excluding hydrogens is 190 g/mol. The molecule has 1 aromatic rings. The minimum Gasteiger partial charge on any atom is -0.449 e. The van der Waals surface area contributed by atoms with Gasteiger partial charge in [0, 0.05) is 6.04 Å². The fraction of sp³-hybridized carbons (Fsp3) is 0.444. The lowest BCUT2D eigenvalue weighted by atomic mass is 10.3. The molecular formula is C9H12ClNO2. The van der Waals surface area contributed by atoms with Crippen LogP contribution in [-0.4, -0.2) is 11.9 Å². The molecule has 0 aromatic carbocycles. The lowest BCUT2D eigenvalue weighted by Crippen LogP contribution is -2.31. The van der Waals surface area contributed by atoms with Gasteiger partial charge in [-0.2, -0.15) is 0 Å². The molecule has 1 aromatic heterocycles. The average molecular weight is 202 g/mol. The summed E-state index contributed by atoms with van der Waals surface area (Å²) in [5, 5.41) is 3.07. The maximum absolute atomic E-state index is 11.2. The first kappa shape index (κ1) is 10.1. The van der Waals surface area contributed by atoms with Gasteiger partial charge in [0.15, 0.2) is 5.22 Å². The number of halogens is 1. The fourth-order valence-electron chi connectivity index (χ4n) is 0.978. The molecule has 0 saturated carbocycles. The Kier molecular flexibility index (Phi) is 3.37. The largest absolute Gasteiger partial charge is 0.449 e. The SMILES string of the molecule is CC(C)NC(=O)Cc1ccc(Cl)o1. The molecule has 0 spiro atoms. The maximum Gasteiger partial charge on any atom is 0.227 e. The first-order valence-electron chi connectivity index (χ1n) is 4.11. The van der Waals surface area contributed by atoms with E-state index in [0.717, 1.165) is 0 Å². The monoisotopic (exact) mass is 201 g/mol. The predicted octanol–water partition coefficient (Wildman–Crippen LogP) is 2.00. The Morgan fingerprint density at radius 3 is 2.77 bits per heavy atom. The van der Waals surface area contributed by atoms with Gasteiger partial charge in [-0.15, -0.1) is 0 Å². The molecule has 13 heavy (non-hydrogen) atoms. The molecule has 0 atom stereocenters. The first-order valence-corrected chi connectivity index (χ1v) is 4.49. The van der Waals surface area contributed by atoms with E-state index in [1.54, 1.807) is 12.1 Å². The van der Waals surface area contributed by atoms with Crippen LogP contribution < -0.4 is 5.32 Å². The summed E-state index contributed by atoms with van der Waals surface area (Å²) in [5.41, 5.74) is 0. The van der Waals surface area contributed by atoms with E-state index in [1.165, 1.54) is 0 Å². The number of amides is 1. The van der Waals surface area contributed by atoms with Crippen molar-refractivity contribution in [1.29, 1.82) is 0 Å². The molecule has 0 saturated heterocycles. The van der Waals surface area contributed by atoms with Gasteiger partial charge in [0.05, 0.1) is 6.42 Å². The van der Waals surface area contributed by atoms with Gasteiger partial charge in [-0.25, -0.2) is 0 Å². The molecule has 3 nitrogen and oxygen atoms in total. The molecule has 4 heteroatoms. The summed E-state index contributed by atoms with van der Waals surface area (Å²) < 4.78 is 5.04. The standard InChI is InChI=1S/C9H12ClNO2/c1-6(2)11-9(12)5-7-3-4-8(10)13-7/h3-4,6H,5H2,1-2H3,(H,11,12). The zero-order valence-corrected chi connectivity index (χ0v) is 8.39. The predicted molar refractivity (Wildman–Crippen MR) is 50.7 cm³/mol. The van der Waals surface area contributed by atoms with E-state index in [0.29, 0.717) is 11.0 Å². The van der Waals surface area contributed by atoms with Crippen LogP contribution in [0.3, 0.4) is 0 Å². The van der Waals surface area contributed by atoms with Crippen LogP contribution in [0.4, 0.5) is 0 Å². The highest BCUT2D eigenvalue weighted by Crippen LogP contribution is 2.13. The van der Waals surface area contributed by atoms with Crippen molar-refractivity contribution in [2.45, 2.75) is 26.3 Å². The van der Waals surface area contributed by atoms with E-state index in [1.807, 2.05) is 13.8 Å². The number of rotatable bonds is 3. The summed E-state index contributed by atoms with van der Waals surface area (Å²) in [7, 11) is 0. The lowest BCUT2D eigenvalue weighted by Gasteiger charge is -2.06. The third-order valence-electron chi connectivity index (χ3n) is 1.41. The molecule has 1 N–H and O–H groups in total. The summed E-state index contributed by atoms with van der Waals surface area (Å²) in [5.74, 6) is 0.532. The highest BCUT2D eigenvalue weighted by Gasteiger charge is 2.07. The van der Waals surface area contributed by atoms with Crippen molar-refractivity contribution in [3.63, 3.8) is 0 Å². The Labute approximate surface area is 82.1 Å². The maximum atomic E-state index is 11.2. The highest BCUT2D eigenvalue weighted by molar-refractivity contribution is 6.28. The Morgan fingerprint density at radius 2 is 2.31 bits per heavy atom. The van der Waals surface area contributed by atoms with Crippen LogP contribution in [-0.2, 0) is 11.2 Å². The van der Waals surface area contributed by atoms with E-state index in [4.69, 9.17) is 16.0 Å². The van der Waals surface area contributed by atoms with E-state index in [2.05, 4.69) is 5.32 Å². The molecule has 0 aliphatic carbocycles. The second-order valence-electron chi connectivity index (χ2n) is 3.10. The van der Waals surface area contributed by atoms with E-state index in [-0.39, 0.29) is 18.4 Å². The van der Waals surface area contributed by atoms with Gasteiger partial charge >= 0.3 is 0 Å². The quantitative estimate of drug-likeness (QED) is 0.813. The zero-order chi connectivity index (χ0) is 9.84. The van der Waals surface area contributed by atoms with Crippen molar-refractivity contribution in [2.24, 2.45) is 0 Å². The molecule has 72 valence electrons. The molecule has 0 unspecified atom stereocenters. The van der Waals surface area contributed by atoms with Gasteiger partial charge in [-0.1, -0.05) is 0 Å². The third kappa shape index (κ3) is 3.51. The Bertz CT molecular complexity index is 294. The minimum absolute atomic E-state index is 0.0546. The summed E-state index contributed by atoms with van der Waals surface area (Å²) in [6.45, 7) is 3.82. The minimum atomic E-state index is -0.0546. The molecule has 0 fully saturated rings. The van der Waals surface area contributed by atoms with E-state index >= 15 is 0 Å². The van der Waals surface area contributed by atoms with Crippen molar-refractivity contribution in [3.8, 4) is 0 Å². The van der Waals surface area contributed by atoms with Gasteiger partial charge in [-0.3, -0.25) is 4.79 Å². The van der Waals surface area contributed by atoms with Gasteiger partial charge in [0.25, 0.3) is 0 Å².